The molecule has 0 aromatic carbocycles. The number of nitrogens with one attached hydrogen (secondary N) is 1. The lowest BCUT2D eigenvalue weighted by atomic mass is 10.1. The van der Waals surface area contributed by atoms with Crippen LogP contribution in [-0.4, -0.2) is 27.3 Å². The molecule has 1 fully saturated rings. The summed E-state index contributed by atoms with van der Waals surface area (Å²) < 4.78 is 2.04. The van der Waals surface area contributed by atoms with Gasteiger partial charge in [-0.1, -0.05) is 0 Å². The molecule has 4 heteroatoms. The van der Waals surface area contributed by atoms with Crippen molar-refractivity contribution in [3.05, 3.63) is 18.0 Å². The standard InChI is InChI=1S/C13H23N3S/c1-13(2,3)16-10-11(8-15-16)7-14-9-12-5-4-6-17-12/h8,10,12,14H,4-7,9H2,1-3H3. The topological polar surface area (TPSA) is 29.9 Å². The number of hydrogen-bond acceptors (Lipinski definition) is 3. The Bertz CT molecular complexity index is 348. The van der Waals surface area contributed by atoms with E-state index in [2.05, 4.69) is 49.1 Å². The number of hydrogen-bond donors (Lipinski definition) is 1. The predicted molar refractivity (Wildman–Crippen MR) is 74.4 cm³/mol. The Morgan fingerprint density at radius 2 is 2.35 bits per heavy atom. The van der Waals surface area contributed by atoms with Crippen molar-refractivity contribution in [2.24, 2.45) is 0 Å². The zero-order valence-corrected chi connectivity index (χ0v) is 11.9. The van der Waals surface area contributed by atoms with Crippen molar-refractivity contribution in [3.63, 3.8) is 0 Å². The molecule has 17 heavy (non-hydrogen) atoms. The van der Waals surface area contributed by atoms with Crippen molar-refractivity contribution in [1.29, 1.82) is 0 Å². The summed E-state index contributed by atoms with van der Waals surface area (Å²) in [6.45, 7) is 8.59. The van der Waals surface area contributed by atoms with Crippen LogP contribution in [0.4, 0.5) is 0 Å². The maximum atomic E-state index is 4.41. The maximum absolute atomic E-state index is 4.41. The Morgan fingerprint density at radius 1 is 1.53 bits per heavy atom. The highest BCUT2D eigenvalue weighted by atomic mass is 32.2. The van der Waals surface area contributed by atoms with Gasteiger partial charge in [0, 0.05) is 30.1 Å². The van der Waals surface area contributed by atoms with E-state index in [1.807, 2.05) is 10.9 Å². The molecule has 0 amide bonds. The fourth-order valence-electron chi connectivity index (χ4n) is 2.00. The molecular formula is C13H23N3S. The van der Waals surface area contributed by atoms with Crippen molar-refractivity contribution in [2.75, 3.05) is 12.3 Å². The Balaban J connectivity index is 1.77. The zero-order chi connectivity index (χ0) is 12.3. The van der Waals surface area contributed by atoms with Gasteiger partial charge < -0.3 is 5.32 Å². The van der Waals surface area contributed by atoms with Crippen LogP contribution in [0, 0.1) is 0 Å². The van der Waals surface area contributed by atoms with Crippen LogP contribution in [0.15, 0.2) is 12.4 Å². The number of nitrogens with zero attached hydrogens (tertiary/aromatic N) is 2. The van der Waals surface area contributed by atoms with Crippen LogP contribution in [0.2, 0.25) is 0 Å². The fraction of sp³-hybridized carbons (Fsp3) is 0.769. The molecule has 3 nitrogen and oxygen atoms in total. The third-order valence-electron chi connectivity index (χ3n) is 3.05. The number of aromatic nitrogens is 2. The van der Waals surface area contributed by atoms with Gasteiger partial charge in [0.1, 0.15) is 0 Å². The van der Waals surface area contributed by atoms with Gasteiger partial charge in [-0.15, -0.1) is 0 Å². The molecule has 1 aromatic rings. The van der Waals surface area contributed by atoms with Gasteiger partial charge in [-0.25, -0.2) is 0 Å². The largest absolute Gasteiger partial charge is 0.311 e. The SMILES string of the molecule is CC(C)(C)n1cc(CNCC2CCCS2)cn1. The summed E-state index contributed by atoms with van der Waals surface area (Å²) in [7, 11) is 0. The summed E-state index contributed by atoms with van der Waals surface area (Å²) in [6, 6.07) is 0. The summed E-state index contributed by atoms with van der Waals surface area (Å²) in [5.74, 6) is 1.34. The summed E-state index contributed by atoms with van der Waals surface area (Å²) in [5.41, 5.74) is 1.36. The van der Waals surface area contributed by atoms with Crippen LogP contribution in [0.5, 0.6) is 0 Å². The van der Waals surface area contributed by atoms with E-state index in [1.54, 1.807) is 0 Å². The van der Waals surface area contributed by atoms with Gasteiger partial charge >= 0.3 is 0 Å². The van der Waals surface area contributed by atoms with E-state index in [4.69, 9.17) is 0 Å². The highest BCUT2D eigenvalue weighted by molar-refractivity contribution is 8.00. The molecule has 1 N–H and O–H groups in total. The van der Waals surface area contributed by atoms with Crippen molar-refractivity contribution in [3.8, 4) is 0 Å². The monoisotopic (exact) mass is 253 g/mol. The number of thioether (sulfide) groups is 1. The smallest absolute Gasteiger partial charge is 0.0543 e. The van der Waals surface area contributed by atoms with Gasteiger partial charge in [0.25, 0.3) is 0 Å². The van der Waals surface area contributed by atoms with E-state index in [9.17, 15) is 0 Å². The molecule has 2 rings (SSSR count). The van der Waals surface area contributed by atoms with Crippen molar-refractivity contribution in [1.82, 2.24) is 15.1 Å². The fourth-order valence-corrected chi connectivity index (χ4v) is 3.24. The van der Waals surface area contributed by atoms with Crippen LogP contribution in [0.25, 0.3) is 0 Å². The molecule has 1 saturated heterocycles. The summed E-state index contributed by atoms with van der Waals surface area (Å²) in [6.07, 6.45) is 6.88. The molecule has 0 saturated carbocycles. The molecule has 1 aliphatic heterocycles. The molecule has 0 aliphatic carbocycles. The van der Waals surface area contributed by atoms with Gasteiger partial charge in [-0.2, -0.15) is 16.9 Å². The Labute approximate surface area is 108 Å². The maximum Gasteiger partial charge on any atom is 0.0543 e. The third kappa shape index (κ3) is 3.75. The van der Waals surface area contributed by atoms with E-state index in [0.29, 0.717) is 0 Å². The Morgan fingerprint density at radius 3 is 2.94 bits per heavy atom. The molecule has 1 aliphatic rings. The third-order valence-corrected chi connectivity index (χ3v) is 4.45. The van der Waals surface area contributed by atoms with Gasteiger partial charge in [0.15, 0.2) is 0 Å². The Kier molecular flexibility index (Phi) is 4.15. The number of rotatable bonds is 4. The first kappa shape index (κ1) is 13.0. The minimum absolute atomic E-state index is 0.0829. The average Bonchev–Trinajstić information content (AvgIpc) is 2.86. The van der Waals surface area contributed by atoms with E-state index in [1.165, 1.54) is 24.2 Å². The molecule has 1 atom stereocenters. The van der Waals surface area contributed by atoms with Crippen LogP contribution in [-0.2, 0) is 12.1 Å². The molecule has 0 radical (unpaired) electrons. The molecule has 0 spiro atoms. The minimum Gasteiger partial charge on any atom is -0.311 e. The first-order valence-electron chi connectivity index (χ1n) is 6.42. The van der Waals surface area contributed by atoms with Crippen LogP contribution >= 0.6 is 11.8 Å². The van der Waals surface area contributed by atoms with Crippen molar-refractivity contribution < 1.29 is 0 Å². The molecule has 2 heterocycles. The quantitative estimate of drug-likeness (QED) is 0.894. The molecular weight excluding hydrogens is 230 g/mol. The lowest BCUT2D eigenvalue weighted by Crippen LogP contribution is -2.23. The van der Waals surface area contributed by atoms with Crippen molar-refractivity contribution in [2.45, 2.75) is 50.9 Å². The zero-order valence-electron chi connectivity index (χ0n) is 11.1. The molecule has 1 aromatic heterocycles. The van der Waals surface area contributed by atoms with Crippen molar-refractivity contribution >= 4 is 11.8 Å². The molecule has 0 bridgehead atoms. The first-order valence-corrected chi connectivity index (χ1v) is 7.47. The van der Waals surface area contributed by atoms with E-state index in [-0.39, 0.29) is 5.54 Å². The van der Waals surface area contributed by atoms with E-state index < -0.39 is 0 Å². The first-order chi connectivity index (χ1) is 8.05. The second-order valence-corrected chi connectivity index (χ2v) is 7.14. The lowest BCUT2D eigenvalue weighted by molar-refractivity contribution is 0.355. The van der Waals surface area contributed by atoms with Crippen LogP contribution in [0.1, 0.15) is 39.2 Å². The van der Waals surface area contributed by atoms with Crippen LogP contribution < -0.4 is 5.32 Å². The second kappa shape index (κ2) is 5.44. The average molecular weight is 253 g/mol. The second-order valence-electron chi connectivity index (χ2n) is 5.73. The highest BCUT2D eigenvalue weighted by Crippen LogP contribution is 2.25. The normalized spacial score (nSPS) is 21.0. The van der Waals surface area contributed by atoms with Gasteiger partial charge in [-0.3, -0.25) is 4.68 Å². The Hall–Kier alpha value is -0.480. The van der Waals surface area contributed by atoms with Gasteiger partial charge in [-0.05, 0) is 39.4 Å². The lowest BCUT2D eigenvalue weighted by Gasteiger charge is -2.18. The van der Waals surface area contributed by atoms with Crippen LogP contribution in [0.3, 0.4) is 0 Å². The van der Waals surface area contributed by atoms with E-state index in [0.717, 1.165) is 18.3 Å². The highest BCUT2D eigenvalue weighted by Gasteiger charge is 2.16. The predicted octanol–water partition coefficient (Wildman–Crippen LogP) is 2.62. The summed E-state index contributed by atoms with van der Waals surface area (Å²) in [4.78, 5) is 0. The van der Waals surface area contributed by atoms with Gasteiger partial charge in [0.2, 0.25) is 0 Å². The van der Waals surface area contributed by atoms with E-state index >= 15 is 0 Å². The molecule has 96 valence electrons. The minimum atomic E-state index is 0.0829. The van der Waals surface area contributed by atoms with Gasteiger partial charge in [0.05, 0.1) is 11.7 Å². The molecule has 1 unspecified atom stereocenters. The summed E-state index contributed by atoms with van der Waals surface area (Å²) >= 11 is 2.10. The summed E-state index contributed by atoms with van der Waals surface area (Å²) in [5, 5.41) is 8.77.